The van der Waals surface area contributed by atoms with E-state index in [0.717, 1.165) is 22.6 Å². The highest BCUT2D eigenvalue weighted by Gasteiger charge is 2.44. The number of rotatable bonds is 7. The zero-order chi connectivity index (χ0) is 25.4. The Bertz CT molecular complexity index is 1350. The first-order valence-corrected chi connectivity index (χ1v) is 11.3. The van der Waals surface area contributed by atoms with E-state index < -0.39 is 12.2 Å². The number of aromatic carboxylic acids is 1. The molecule has 0 bridgehead atoms. The van der Waals surface area contributed by atoms with Gasteiger partial charge in [-0.1, -0.05) is 24.3 Å². The molecule has 9 nitrogen and oxygen atoms in total. The zero-order valence-electron chi connectivity index (χ0n) is 20.3. The highest BCUT2D eigenvalue weighted by molar-refractivity contribution is 6.02. The Kier molecular flexibility index (Phi) is 6.05. The van der Waals surface area contributed by atoms with Gasteiger partial charge >= 0.3 is 5.97 Å². The van der Waals surface area contributed by atoms with Gasteiger partial charge in [-0.2, -0.15) is 5.10 Å². The predicted molar refractivity (Wildman–Crippen MR) is 132 cm³/mol. The van der Waals surface area contributed by atoms with Crippen LogP contribution in [0.3, 0.4) is 0 Å². The third kappa shape index (κ3) is 3.73. The fraction of sp³-hybridized carbons (Fsp3) is 0.259. The third-order valence-corrected chi connectivity index (χ3v) is 6.46. The van der Waals surface area contributed by atoms with Crippen LogP contribution in [0.1, 0.15) is 45.7 Å². The van der Waals surface area contributed by atoms with E-state index in [9.17, 15) is 9.90 Å². The van der Waals surface area contributed by atoms with E-state index in [1.165, 1.54) is 14.2 Å². The first-order valence-electron chi connectivity index (χ1n) is 11.3. The number of hydrogen-bond acceptors (Lipinski definition) is 8. The molecule has 2 atom stereocenters. The van der Waals surface area contributed by atoms with E-state index in [1.807, 2.05) is 47.5 Å². The normalized spacial score (nSPS) is 17.9. The summed E-state index contributed by atoms with van der Waals surface area (Å²) in [5.74, 6) is 1.10. The van der Waals surface area contributed by atoms with Crippen molar-refractivity contribution in [2.75, 3.05) is 28.4 Å². The lowest BCUT2D eigenvalue weighted by molar-refractivity contribution is -0.0217. The largest absolute Gasteiger partial charge is 0.497 e. The highest BCUT2D eigenvalue weighted by atomic mass is 16.5. The van der Waals surface area contributed by atoms with Crippen molar-refractivity contribution in [3.8, 4) is 28.7 Å². The number of methoxy groups -OCH3 is 4. The van der Waals surface area contributed by atoms with Crippen LogP contribution in [0, 0.1) is 0 Å². The Balaban J connectivity index is 1.69. The molecule has 36 heavy (non-hydrogen) atoms. The van der Waals surface area contributed by atoms with Gasteiger partial charge in [-0.25, -0.2) is 9.80 Å². The second-order valence-electron chi connectivity index (χ2n) is 8.30. The number of hydrogen-bond donors (Lipinski definition) is 1. The summed E-state index contributed by atoms with van der Waals surface area (Å²) < 4.78 is 28.2. The first kappa shape index (κ1) is 23.3. The van der Waals surface area contributed by atoms with E-state index in [0.29, 0.717) is 29.2 Å². The maximum atomic E-state index is 12.4. The van der Waals surface area contributed by atoms with E-state index in [2.05, 4.69) is 0 Å². The van der Waals surface area contributed by atoms with E-state index in [1.54, 1.807) is 26.4 Å². The van der Waals surface area contributed by atoms with Crippen LogP contribution in [0.2, 0.25) is 0 Å². The van der Waals surface area contributed by atoms with Crippen molar-refractivity contribution >= 4 is 11.7 Å². The summed E-state index contributed by atoms with van der Waals surface area (Å²) in [6.07, 6.45) is -0.268. The van der Waals surface area contributed by atoms with Crippen LogP contribution < -0.4 is 23.7 Å². The lowest BCUT2D eigenvalue weighted by Gasteiger charge is -2.39. The average Bonchev–Trinajstić information content (AvgIpc) is 3.37. The highest BCUT2D eigenvalue weighted by Crippen LogP contribution is 2.52. The molecule has 0 amide bonds. The van der Waals surface area contributed by atoms with Crippen molar-refractivity contribution in [3.05, 3.63) is 76.9 Å². The quantitative estimate of drug-likeness (QED) is 0.511. The molecule has 2 aliphatic heterocycles. The monoisotopic (exact) mass is 490 g/mol. The van der Waals surface area contributed by atoms with Gasteiger partial charge in [0.15, 0.2) is 23.0 Å². The molecule has 9 heteroatoms. The van der Waals surface area contributed by atoms with Gasteiger partial charge in [0, 0.05) is 23.1 Å². The maximum Gasteiger partial charge on any atom is 0.340 e. The topological polar surface area (TPSA) is 99.1 Å². The van der Waals surface area contributed by atoms with Gasteiger partial charge in [0.25, 0.3) is 0 Å². The minimum Gasteiger partial charge on any atom is -0.497 e. The van der Waals surface area contributed by atoms with Crippen molar-refractivity contribution in [3.63, 3.8) is 0 Å². The molecule has 1 N–H and O–H groups in total. The van der Waals surface area contributed by atoms with Crippen molar-refractivity contribution < 1.29 is 33.6 Å². The lowest BCUT2D eigenvalue weighted by Crippen LogP contribution is -2.35. The number of hydrazone groups is 1. The predicted octanol–water partition coefficient (Wildman–Crippen LogP) is 4.66. The number of fused-ring (bicyclic) bond motifs is 3. The van der Waals surface area contributed by atoms with Crippen LogP contribution in [0.5, 0.6) is 28.7 Å². The fourth-order valence-electron chi connectivity index (χ4n) is 4.80. The maximum absolute atomic E-state index is 12.4. The van der Waals surface area contributed by atoms with Gasteiger partial charge in [-0.3, -0.25) is 0 Å². The van der Waals surface area contributed by atoms with Crippen LogP contribution >= 0.6 is 0 Å². The average molecular weight is 491 g/mol. The second-order valence-corrected chi connectivity index (χ2v) is 8.30. The smallest absolute Gasteiger partial charge is 0.340 e. The molecule has 186 valence electrons. The zero-order valence-corrected chi connectivity index (χ0v) is 20.3. The number of carboxylic acid groups (broad SMARTS) is 1. The number of carboxylic acids is 1. The van der Waals surface area contributed by atoms with E-state index in [4.69, 9.17) is 28.8 Å². The number of nitrogens with zero attached hydrogens (tertiary/aromatic N) is 2. The molecule has 5 rings (SSSR count). The van der Waals surface area contributed by atoms with Crippen molar-refractivity contribution in [2.45, 2.75) is 18.7 Å². The number of benzene rings is 3. The molecule has 0 radical (unpaired) electrons. The Hall–Kier alpha value is -4.40. The molecule has 0 unspecified atom stereocenters. The molecule has 0 fully saturated rings. The van der Waals surface area contributed by atoms with Crippen LogP contribution in [0.15, 0.2) is 59.7 Å². The Morgan fingerprint density at radius 2 is 1.72 bits per heavy atom. The summed E-state index contributed by atoms with van der Waals surface area (Å²) in [5.41, 5.74) is 2.99. The van der Waals surface area contributed by atoms with Crippen molar-refractivity contribution in [2.24, 2.45) is 5.10 Å². The number of carbonyl (C=O) groups is 1. The van der Waals surface area contributed by atoms with Gasteiger partial charge in [0.2, 0.25) is 6.23 Å². The summed E-state index contributed by atoms with van der Waals surface area (Å²) in [7, 11) is 6.07. The van der Waals surface area contributed by atoms with Gasteiger partial charge < -0.3 is 28.8 Å². The molecular weight excluding hydrogens is 464 g/mol. The van der Waals surface area contributed by atoms with Gasteiger partial charge in [0.05, 0.1) is 40.2 Å². The van der Waals surface area contributed by atoms with Crippen LogP contribution in [-0.2, 0) is 0 Å². The molecule has 0 saturated carbocycles. The minimum absolute atomic E-state index is 0.0519. The molecule has 3 aromatic carbocycles. The summed E-state index contributed by atoms with van der Waals surface area (Å²) in [6.45, 7) is 0. The van der Waals surface area contributed by atoms with Crippen molar-refractivity contribution in [1.29, 1.82) is 0 Å². The summed E-state index contributed by atoms with van der Waals surface area (Å²) in [5, 5.41) is 16.9. The standard InChI is InChI=1S/C27H26N2O7/c1-32-16-8-5-7-15(13-16)19-14-20-17-9-6-10-21(33-2)24(17)36-26(29(20)28-19)18-11-12-22(34-3)25(35-4)23(18)27(30)31/h5-13,20,26H,14H2,1-4H3,(H,30,31)/t20-,26-/m0/s1. The SMILES string of the molecule is COc1cccc(C2=NN3[C@@H](C2)c2cccc(OC)c2O[C@H]3c2ccc(OC)c(OC)c2C(=O)O)c1. The fourth-order valence-corrected chi connectivity index (χ4v) is 4.80. The van der Waals surface area contributed by atoms with Crippen LogP contribution in [0.25, 0.3) is 0 Å². The van der Waals surface area contributed by atoms with Crippen LogP contribution in [0.4, 0.5) is 0 Å². The number of para-hydroxylation sites is 1. The first-order chi connectivity index (χ1) is 17.5. The third-order valence-electron chi connectivity index (χ3n) is 6.46. The van der Waals surface area contributed by atoms with Crippen LogP contribution in [-0.4, -0.2) is 50.2 Å². The molecule has 2 aliphatic rings. The summed E-state index contributed by atoms with van der Waals surface area (Å²) in [4.78, 5) is 12.4. The molecule has 0 aromatic heterocycles. The molecule has 3 aromatic rings. The summed E-state index contributed by atoms with van der Waals surface area (Å²) in [6, 6.07) is 16.5. The van der Waals surface area contributed by atoms with E-state index >= 15 is 0 Å². The number of ether oxygens (including phenoxy) is 5. The molecule has 2 heterocycles. The molecule has 0 saturated heterocycles. The molecule has 0 spiro atoms. The molecular formula is C27H26N2O7. The molecule has 0 aliphatic carbocycles. The van der Waals surface area contributed by atoms with Gasteiger partial charge in [0.1, 0.15) is 11.3 Å². The minimum atomic E-state index is -1.16. The van der Waals surface area contributed by atoms with Gasteiger partial charge in [-0.15, -0.1) is 0 Å². The van der Waals surface area contributed by atoms with Crippen molar-refractivity contribution in [1.82, 2.24) is 5.01 Å². The van der Waals surface area contributed by atoms with Gasteiger partial charge in [-0.05, 0) is 30.3 Å². The van der Waals surface area contributed by atoms with E-state index in [-0.39, 0.29) is 17.4 Å². The Labute approximate surface area is 208 Å². The Morgan fingerprint density at radius 3 is 2.42 bits per heavy atom. The summed E-state index contributed by atoms with van der Waals surface area (Å²) >= 11 is 0. The Morgan fingerprint density at radius 1 is 0.944 bits per heavy atom. The lowest BCUT2D eigenvalue weighted by atomic mass is 9.94. The second kappa shape index (κ2) is 9.33.